The van der Waals surface area contributed by atoms with Crippen LogP contribution in [0.1, 0.15) is 106 Å². The lowest BCUT2D eigenvalue weighted by Gasteiger charge is -2.14. The molecule has 0 amide bonds. The SMILES string of the molecule is CC(C)=CCC/C=C(\C)CC/C(C)=C/CC/C=C(\C)CC/C=C(\C)CCC=C(C(F)(F)F)C(F)(F)F. The second-order valence-electron chi connectivity index (χ2n) is 9.83. The molecule has 0 saturated heterocycles. The molecular weight excluding hydrogens is 474 g/mol. The Morgan fingerprint density at radius 1 is 0.417 bits per heavy atom. The highest BCUT2D eigenvalue weighted by atomic mass is 19.4. The molecule has 0 aliphatic rings. The fraction of sp³-hybridized carbons (Fsp3) is 0.600. The van der Waals surface area contributed by atoms with Crippen molar-refractivity contribution in [1.29, 1.82) is 0 Å². The molecule has 0 bridgehead atoms. The molecule has 0 N–H and O–H groups in total. The Morgan fingerprint density at radius 3 is 1.08 bits per heavy atom. The van der Waals surface area contributed by atoms with Crippen molar-refractivity contribution in [3.8, 4) is 0 Å². The van der Waals surface area contributed by atoms with Crippen LogP contribution in [0.3, 0.4) is 0 Å². The van der Waals surface area contributed by atoms with Gasteiger partial charge in [-0.15, -0.1) is 0 Å². The number of hydrogen-bond acceptors (Lipinski definition) is 0. The van der Waals surface area contributed by atoms with Crippen molar-refractivity contribution in [2.45, 2.75) is 118 Å². The number of halogens is 6. The van der Waals surface area contributed by atoms with Crippen LogP contribution < -0.4 is 0 Å². The van der Waals surface area contributed by atoms with E-state index in [9.17, 15) is 26.3 Å². The van der Waals surface area contributed by atoms with Gasteiger partial charge in [0.15, 0.2) is 0 Å². The van der Waals surface area contributed by atoms with E-state index in [2.05, 4.69) is 52.0 Å². The first-order valence-corrected chi connectivity index (χ1v) is 12.7. The summed E-state index contributed by atoms with van der Waals surface area (Å²) < 4.78 is 75.2. The van der Waals surface area contributed by atoms with Crippen LogP contribution in [-0.4, -0.2) is 12.4 Å². The highest BCUT2D eigenvalue weighted by molar-refractivity contribution is 5.16. The quantitative estimate of drug-likeness (QED) is 0.115. The van der Waals surface area contributed by atoms with Gasteiger partial charge in [0.05, 0.1) is 0 Å². The van der Waals surface area contributed by atoms with E-state index in [0.29, 0.717) is 0 Å². The van der Waals surface area contributed by atoms with Crippen LogP contribution in [-0.2, 0) is 0 Å². The van der Waals surface area contributed by atoms with Gasteiger partial charge in [-0.05, 0) is 106 Å². The van der Waals surface area contributed by atoms with Gasteiger partial charge in [-0.3, -0.25) is 0 Å². The second kappa shape index (κ2) is 17.5. The lowest BCUT2D eigenvalue weighted by Crippen LogP contribution is -2.26. The predicted molar refractivity (Wildman–Crippen MR) is 141 cm³/mol. The molecule has 0 radical (unpaired) electrons. The van der Waals surface area contributed by atoms with Crippen molar-refractivity contribution >= 4 is 0 Å². The maximum absolute atomic E-state index is 12.5. The first kappa shape index (κ1) is 34.0. The maximum Gasteiger partial charge on any atom is 0.420 e. The third kappa shape index (κ3) is 18.3. The van der Waals surface area contributed by atoms with Gasteiger partial charge in [0, 0.05) is 0 Å². The summed E-state index contributed by atoms with van der Waals surface area (Å²) in [6.45, 7) is 12.4. The summed E-state index contributed by atoms with van der Waals surface area (Å²) in [5.74, 6) is 0. The molecule has 0 spiro atoms. The molecule has 0 nitrogen and oxygen atoms in total. The number of unbranched alkanes of at least 4 members (excludes halogenated alkanes) is 2. The van der Waals surface area contributed by atoms with Gasteiger partial charge in [0.2, 0.25) is 0 Å². The Balaban J connectivity index is 4.36. The molecule has 0 fully saturated rings. The van der Waals surface area contributed by atoms with Gasteiger partial charge >= 0.3 is 12.4 Å². The van der Waals surface area contributed by atoms with E-state index in [1.54, 1.807) is 6.92 Å². The molecular formula is C30H44F6. The van der Waals surface area contributed by atoms with Crippen molar-refractivity contribution in [2.75, 3.05) is 0 Å². The molecule has 206 valence electrons. The minimum atomic E-state index is -5.38. The van der Waals surface area contributed by atoms with Crippen LogP contribution in [0.2, 0.25) is 0 Å². The Morgan fingerprint density at radius 2 is 0.722 bits per heavy atom. The van der Waals surface area contributed by atoms with Crippen molar-refractivity contribution in [3.63, 3.8) is 0 Å². The second-order valence-corrected chi connectivity index (χ2v) is 9.83. The summed E-state index contributed by atoms with van der Waals surface area (Å²) in [5, 5.41) is 0. The number of allylic oxidation sites excluding steroid dienone is 12. The third-order valence-corrected chi connectivity index (χ3v) is 5.81. The monoisotopic (exact) mass is 518 g/mol. The first-order chi connectivity index (χ1) is 16.6. The molecule has 0 saturated carbocycles. The Bertz CT molecular complexity index is 806. The van der Waals surface area contributed by atoms with Crippen molar-refractivity contribution in [1.82, 2.24) is 0 Å². The predicted octanol–water partition coefficient (Wildman–Crippen LogP) is 11.7. The van der Waals surface area contributed by atoms with E-state index in [1.165, 1.54) is 22.3 Å². The molecule has 0 unspecified atom stereocenters. The zero-order chi connectivity index (χ0) is 27.8. The molecule has 0 rings (SSSR count). The molecule has 0 atom stereocenters. The number of hydrogen-bond donors (Lipinski definition) is 0. The molecule has 0 aromatic rings. The van der Waals surface area contributed by atoms with Crippen LogP contribution in [0.5, 0.6) is 0 Å². The fourth-order valence-corrected chi connectivity index (χ4v) is 3.55. The summed E-state index contributed by atoms with van der Waals surface area (Å²) in [7, 11) is 0. The Labute approximate surface area is 214 Å². The summed E-state index contributed by atoms with van der Waals surface area (Å²) in [6.07, 6.45) is 8.15. The lowest BCUT2D eigenvalue weighted by molar-refractivity contribution is -0.172. The van der Waals surface area contributed by atoms with E-state index in [-0.39, 0.29) is 18.9 Å². The minimum absolute atomic E-state index is 0.173. The van der Waals surface area contributed by atoms with E-state index in [1.807, 2.05) is 13.0 Å². The highest BCUT2D eigenvalue weighted by Gasteiger charge is 2.50. The lowest BCUT2D eigenvalue weighted by atomic mass is 10.0. The van der Waals surface area contributed by atoms with Crippen LogP contribution >= 0.6 is 0 Å². The average Bonchev–Trinajstić information content (AvgIpc) is 2.74. The van der Waals surface area contributed by atoms with Crippen molar-refractivity contribution in [3.05, 3.63) is 69.9 Å². The molecule has 0 aromatic heterocycles. The summed E-state index contributed by atoms with van der Waals surface area (Å²) >= 11 is 0. The molecule has 6 heteroatoms. The zero-order valence-electron chi connectivity index (χ0n) is 22.8. The smallest absolute Gasteiger partial charge is 0.166 e. The molecule has 36 heavy (non-hydrogen) atoms. The number of alkyl halides is 6. The van der Waals surface area contributed by atoms with Crippen LogP contribution in [0.15, 0.2) is 69.9 Å². The van der Waals surface area contributed by atoms with E-state index >= 15 is 0 Å². The first-order valence-electron chi connectivity index (χ1n) is 12.7. The summed E-state index contributed by atoms with van der Waals surface area (Å²) in [4.78, 5) is 0. The molecule has 0 aliphatic carbocycles. The van der Waals surface area contributed by atoms with Crippen molar-refractivity contribution in [2.24, 2.45) is 0 Å². The Kier molecular flexibility index (Phi) is 16.5. The third-order valence-electron chi connectivity index (χ3n) is 5.81. The van der Waals surface area contributed by atoms with Gasteiger partial charge < -0.3 is 0 Å². The van der Waals surface area contributed by atoms with E-state index < -0.39 is 17.9 Å². The van der Waals surface area contributed by atoms with Crippen molar-refractivity contribution < 1.29 is 26.3 Å². The van der Waals surface area contributed by atoms with Gasteiger partial charge in [0.25, 0.3) is 0 Å². The van der Waals surface area contributed by atoms with Crippen LogP contribution in [0, 0.1) is 0 Å². The normalized spacial score (nSPS) is 14.2. The average molecular weight is 519 g/mol. The minimum Gasteiger partial charge on any atom is -0.166 e. The maximum atomic E-state index is 12.5. The molecule has 0 heterocycles. The zero-order valence-corrected chi connectivity index (χ0v) is 22.8. The van der Waals surface area contributed by atoms with Gasteiger partial charge in [0.1, 0.15) is 5.57 Å². The highest BCUT2D eigenvalue weighted by Crippen LogP contribution is 2.39. The van der Waals surface area contributed by atoms with Crippen LogP contribution in [0.4, 0.5) is 26.3 Å². The molecule has 0 aromatic carbocycles. The molecule has 0 aliphatic heterocycles. The standard InChI is InChI=1S/C30H44F6/c1-23(2)13-7-8-15-26(5)21-22-27(6)16-10-9-14-24(3)17-11-18-25(4)19-12-20-28(29(31,32)33)30(34,35)36/h13-16,18,20H,7-12,17,19,21-22H2,1-6H3/b24-14+,25-18+,26-15+,27-16+. The van der Waals surface area contributed by atoms with Gasteiger partial charge in [-0.25, -0.2) is 0 Å². The van der Waals surface area contributed by atoms with Crippen LogP contribution in [0.25, 0.3) is 0 Å². The van der Waals surface area contributed by atoms with Gasteiger partial charge in [-0.2, -0.15) is 26.3 Å². The van der Waals surface area contributed by atoms with E-state index in [4.69, 9.17) is 0 Å². The summed E-state index contributed by atoms with van der Waals surface area (Å²) in [5.41, 5.74) is 3.79. The topological polar surface area (TPSA) is 0 Å². The summed E-state index contributed by atoms with van der Waals surface area (Å²) in [6, 6.07) is 0. The largest absolute Gasteiger partial charge is 0.420 e. The fourth-order valence-electron chi connectivity index (χ4n) is 3.55. The van der Waals surface area contributed by atoms with Gasteiger partial charge in [-0.1, -0.05) is 64.3 Å². The number of rotatable bonds is 15. The Hall–Kier alpha value is -1.98. The van der Waals surface area contributed by atoms with E-state index in [0.717, 1.165) is 56.9 Å².